The lowest BCUT2D eigenvalue weighted by molar-refractivity contribution is -0.147. The number of hydrogen-bond donors (Lipinski definition) is 1. The van der Waals surface area contributed by atoms with Crippen molar-refractivity contribution in [2.75, 3.05) is 18.5 Å². The molecule has 0 saturated heterocycles. The smallest absolute Gasteiger partial charge is 0.306 e. The average molecular weight is 397 g/mol. The van der Waals surface area contributed by atoms with E-state index < -0.39 is 11.9 Å². The number of unbranched alkanes of at least 4 members (excludes halogenated alkanes) is 2. The van der Waals surface area contributed by atoms with Crippen LogP contribution in [0.1, 0.15) is 49.4 Å². The molecule has 2 aromatic carbocycles. The van der Waals surface area contributed by atoms with Gasteiger partial charge in [-0.15, -0.1) is 0 Å². The van der Waals surface area contributed by atoms with Crippen LogP contribution in [-0.2, 0) is 14.3 Å². The first-order valence-electron chi connectivity index (χ1n) is 9.85. The molecule has 0 saturated carbocycles. The molecule has 0 heterocycles. The number of para-hydroxylation sites is 1. The van der Waals surface area contributed by atoms with Crippen molar-refractivity contribution in [2.24, 2.45) is 0 Å². The molecule has 6 nitrogen and oxygen atoms in total. The predicted octanol–water partition coefficient (Wildman–Crippen LogP) is 4.40. The molecule has 0 unspecified atom stereocenters. The highest BCUT2D eigenvalue weighted by Crippen LogP contribution is 2.15. The second-order valence-electron chi connectivity index (χ2n) is 6.58. The zero-order valence-corrected chi connectivity index (χ0v) is 16.7. The number of anilines is 1. The van der Waals surface area contributed by atoms with Crippen molar-refractivity contribution in [1.82, 2.24) is 0 Å². The van der Waals surface area contributed by atoms with Gasteiger partial charge in [0.05, 0.1) is 13.0 Å². The summed E-state index contributed by atoms with van der Waals surface area (Å²) in [6, 6.07) is 15.8. The van der Waals surface area contributed by atoms with Crippen molar-refractivity contribution in [3.8, 4) is 5.75 Å². The Morgan fingerprint density at radius 1 is 0.897 bits per heavy atom. The first kappa shape index (κ1) is 22.1. The van der Waals surface area contributed by atoms with E-state index in [0.29, 0.717) is 17.9 Å². The number of carbonyl (C=O) groups excluding carboxylic acids is 3. The number of carbonyl (C=O) groups is 3. The number of ketones is 1. The van der Waals surface area contributed by atoms with Gasteiger partial charge in [0, 0.05) is 17.7 Å². The Labute approximate surface area is 171 Å². The van der Waals surface area contributed by atoms with E-state index in [4.69, 9.17) is 9.47 Å². The Bertz CT molecular complexity index is 787. The van der Waals surface area contributed by atoms with Crippen molar-refractivity contribution >= 4 is 23.3 Å². The summed E-state index contributed by atoms with van der Waals surface area (Å²) in [5, 5.41) is 2.62. The fraction of sp³-hybridized carbons (Fsp3) is 0.348. The lowest BCUT2D eigenvalue weighted by atomic mass is 10.1. The second-order valence-corrected chi connectivity index (χ2v) is 6.58. The van der Waals surface area contributed by atoms with E-state index in [1.165, 1.54) is 0 Å². The number of esters is 1. The molecule has 0 spiro atoms. The predicted molar refractivity (Wildman–Crippen MR) is 111 cm³/mol. The average Bonchev–Trinajstić information content (AvgIpc) is 2.75. The number of hydrogen-bond acceptors (Lipinski definition) is 5. The monoisotopic (exact) mass is 397 g/mol. The lowest BCUT2D eigenvalue weighted by Gasteiger charge is -2.07. The molecule has 154 valence electrons. The summed E-state index contributed by atoms with van der Waals surface area (Å²) in [5.41, 5.74) is 1.14. The van der Waals surface area contributed by atoms with Crippen LogP contribution in [-0.4, -0.2) is 30.9 Å². The summed E-state index contributed by atoms with van der Waals surface area (Å²) in [7, 11) is 0. The van der Waals surface area contributed by atoms with E-state index >= 15 is 0 Å². The van der Waals surface area contributed by atoms with Gasteiger partial charge in [0.25, 0.3) is 5.91 Å². The molecule has 0 bridgehead atoms. The number of nitrogens with one attached hydrogen (secondary N) is 1. The molecule has 0 atom stereocenters. The maximum Gasteiger partial charge on any atom is 0.306 e. The van der Waals surface area contributed by atoms with E-state index in [1.807, 2.05) is 6.07 Å². The van der Waals surface area contributed by atoms with Gasteiger partial charge in [0.2, 0.25) is 0 Å². The molecule has 0 radical (unpaired) electrons. The summed E-state index contributed by atoms with van der Waals surface area (Å²) in [6.45, 7) is 2.41. The number of rotatable bonds is 12. The van der Waals surface area contributed by atoms with E-state index in [2.05, 4.69) is 12.2 Å². The molecule has 2 aromatic rings. The fourth-order valence-electron chi connectivity index (χ4n) is 2.58. The number of ether oxygens (including phenoxy) is 2. The summed E-state index contributed by atoms with van der Waals surface area (Å²) in [6.07, 6.45) is 3.21. The van der Waals surface area contributed by atoms with E-state index in [-0.39, 0.29) is 25.2 Å². The molecule has 0 fully saturated rings. The van der Waals surface area contributed by atoms with Crippen LogP contribution < -0.4 is 10.1 Å². The first-order chi connectivity index (χ1) is 14.1. The van der Waals surface area contributed by atoms with Crippen molar-refractivity contribution < 1.29 is 23.9 Å². The largest absolute Gasteiger partial charge is 0.494 e. The molecule has 1 amide bonds. The number of amides is 1. The summed E-state index contributed by atoms with van der Waals surface area (Å²) < 4.78 is 10.5. The van der Waals surface area contributed by atoms with Crippen LogP contribution in [0.3, 0.4) is 0 Å². The van der Waals surface area contributed by atoms with Gasteiger partial charge in [-0.2, -0.15) is 0 Å². The van der Waals surface area contributed by atoms with E-state index in [1.54, 1.807) is 48.5 Å². The van der Waals surface area contributed by atoms with Crippen LogP contribution in [0.4, 0.5) is 5.69 Å². The van der Waals surface area contributed by atoms with E-state index in [0.717, 1.165) is 25.0 Å². The molecule has 0 aliphatic rings. The molecule has 29 heavy (non-hydrogen) atoms. The Hall–Kier alpha value is -3.15. The quantitative estimate of drug-likeness (QED) is 0.326. The van der Waals surface area contributed by atoms with Gasteiger partial charge in [0.1, 0.15) is 5.75 Å². The zero-order chi connectivity index (χ0) is 20.9. The minimum absolute atomic E-state index is 0.0237. The fourth-order valence-corrected chi connectivity index (χ4v) is 2.58. The van der Waals surface area contributed by atoms with Gasteiger partial charge in [0.15, 0.2) is 12.4 Å². The minimum atomic E-state index is -0.586. The third-order valence-corrected chi connectivity index (χ3v) is 4.17. The molecule has 6 heteroatoms. The van der Waals surface area contributed by atoms with Gasteiger partial charge in [-0.25, -0.2) is 0 Å². The molecular weight excluding hydrogens is 370 g/mol. The minimum Gasteiger partial charge on any atom is -0.494 e. The van der Waals surface area contributed by atoms with Crippen LogP contribution in [0.2, 0.25) is 0 Å². The van der Waals surface area contributed by atoms with Gasteiger partial charge < -0.3 is 14.8 Å². The van der Waals surface area contributed by atoms with Crippen molar-refractivity contribution in [3.63, 3.8) is 0 Å². The first-order valence-corrected chi connectivity index (χ1v) is 9.85. The highest BCUT2D eigenvalue weighted by Gasteiger charge is 2.12. The van der Waals surface area contributed by atoms with Gasteiger partial charge in [-0.05, 0) is 42.8 Å². The highest BCUT2D eigenvalue weighted by molar-refractivity contribution is 5.98. The number of benzene rings is 2. The molecule has 0 aliphatic heterocycles. The third kappa shape index (κ3) is 8.60. The van der Waals surface area contributed by atoms with Crippen molar-refractivity contribution in [2.45, 2.75) is 39.0 Å². The molecule has 0 aromatic heterocycles. The summed E-state index contributed by atoms with van der Waals surface area (Å²) >= 11 is 0. The van der Waals surface area contributed by atoms with Gasteiger partial charge in [-0.3, -0.25) is 14.4 Å². The summed E-state index contributed by atoms with van der Waals surface area (Å²) in [5.74, 6) is -0.447. The van der Waals surface area contributed by atoms with Crippen LogP contribution in [0.5, 0.6) is 5.75 Å². The Balaban J connectivity index is 1.67. The Kier molecular flexibility index (Phi) is 9.42. The standard InChI is InChI=1S/C23H27NO5/c1-2-3-7-16-28-20-12-10-18(11-13-20)21(25)14-15-23(27)29-17-22(26)24-19-8-5-4-6-9-19/h4-6,8-13H,2-3,7,14-17H2,1H3,(H,24,26). The summed E-state index contributed by atoms with van der Waals surface area (Å²) in [4.78, 5) is 35.8. The highest BCUT2D eigenvalue weighted by atomic mass is 16.5. The van der Waals surface area contributed by atoms with Crippen molar-refractivity contribution in [3.05, 3.63) is 60.2 Å². The van der Waals surface area contributed by atoms with Crippen LogP contribution in [0, 0.1) is 0 Å². The Morgan fingerprint density at radius 3 is 2.31 bits per heavy atom. The molecule has 2 rings (SSSR count). The zero-order valence-electron chi connectivity index (χ0n) is 16.7. The maximum absolute atomic E-state index is 12.2. The molecular formula is C23H27NO5. The second kappa shape index (κ2) is 12.3. The third-order valence-electron chi connectivity index (χ3n) is 4.17. The van der Waals surface area contributed by atoms with Gasteiger partial charge in [-0.1, -0.05) is 38.0 Å². The normalized spacial score (nSPS) is 10.2. The van der Waals surface area contributed by atoms with Crippen LogP contribution in [0.25, 0.3) is 0 Å². The molecule has 1 N–H and O–H groups in total. The van der Waals surface area contributed by atoms with E-state index in [9.17, 15) is 14.4 Å². The Morgan fingerprint density at radius 2 is 1.62 bits per heavy atom. The van der Waals surface area contributed by atoms with Gasteiger partial charge >= 0.3 is 5.97 Å². The van der Waals surface area contributed by atoms with Crippen molar-refractivity contribution in [1.29, 1.82) is 0 Å². The topological polar surface area (TPSA) is 81.7 Å². The van der Waals surface area contributed by atoms with Crippen LogP contribution >= 0.6 is 0 Å². The lowest BCUT2D eigenvalue weighted by Crippen LogP contribution is -2.21. The SMILES string of the molecule is CCCCCOc1ccc(C(=O)CCC(=O)OCC(=O)Nc2ccccc2)cc1. The number of Topliss-reactive ketones (excluding diaryl/α,β-unsaturated/α-hetero) is 1. The molecule has 0 aliphatic carbocycles. The van der Waals surface area contributed by atoms with Crippen LogP contribution in [0.15, 0.2) is 54.6 Å². The maximum atomic E-state index is 12.2.